The average molecular weight is 253 g/mol. The largest absolute Gasteiger partial charge is 0.475 e. The monoisotopic (exact) mass is 253 g/mol. The van der Waals surface area contributed by atoms with Gasteiger partial charge in [0.25, 0.3) is 0 Å². The third-order valence-corrected chi connectivity index (χ3v) is 2.26. The quantitative estimate of drug-likeness (QED) is 0.495. The van der Waals surface area contributed by atoms with Gasteiger partial charge in [0, 0.05) is 38.2 Å². The molecule has 0 saturated heterocycles. The molecule has 0 fully saturated rings. The molecule has 0 spiro atoms. The molecule has 0 amide bonds. The lowest BCUT2D eigenvalue weighted by Gasteiger charge is -2.06. The number of carbonyl (C=O) groups is 1. The Labute approximate surface area is 107 Å². The van der Waals surface area contributed by atoms with Crippen LogP contribution in [-0.4, -0.2) is 44.3 Å². The Morgan fingerprint density at radius 3 is 2.83 bits per heavy atom. The first kappa shape index (κ1) is 14.6. The Kier molecular flexibility index (Phi) is 6.98. The lowest BCUT2D eigenvalue weighted by Crippen LogP contribution is -2.09. The molecule has 0 N–H and O–H groups in total. The molecule has 100 valence electrons. The molecular weight excluding hydrogens is 234 g/mol. The van der Waals surface area contributed by atoms with Gasteiger partial charge in [-0.2, -0.15) is 0 Å². The third kappa shape index (κ3) is 5.75. The van der Waals surface area contributed by atoms with E-state index in [4.69, 9.17) is 14.2 Å². The molecule has 1 aromatic heterocycles. The zero-order chi connectivity index (χ0) is 13.2. The van der Waals surface area contributed by atoms with Gasteiger partial charge in [0.05, 0.1) is 6.61 Å². The van der Waals surface area contributed by atoms with Crippen LogP contribution in [0.15, 0.2) is 18.3 Å². The number of pyridine rings is 1. The maximum Gasteiger partial charge on any atom is 0.213 e. The highest BCUT2D eigenvalue weighted by Gasteiger charge is 2.02. The molecule has 18 heavy (non-hydrogen) atoms. The fourth-order valence-electron chi connectivity index (χ4n) is 1.32. The molecule has 0 aliphatic heterocycles. The van der Waals surface area contributed by atoms with E-state index in [9.17, 15) is 4.79 Å². The van der Waals surface area contributed by atoms with Crippen LogP contribution in [0.5, 0.6) is 5.88 Å². The van der Waals surface area contributed by atoms with Crippen LogP contribution in [0.2, 0.25) is 0 Å². The van der Waals surface area contributed by atoms with E-state index in [0.29, 0.717) is 37.9 Å². The van der Waals surface area contributed by atoms with Gasteiger partial charge in [0.15, 0.2) is 5.78 Å². The lowest BCUT2D eigenvalue weighted by atomic mass is 10.2. The standard InChI is InChI=1S/C13H19NO4/c1-11(15)12-4-5-14-13(10-12)18-9-8-17-7-3-6-16-2/h4-5,10H,3,6-9H2,1-2H3. The third-order valence-electron chi connectivity index (χ3n) is 2.26. The van der Waals surface area contributed by atoms with Crippen LogP contribution >= 0.6 is 0 Å². The topological polar surface area (TPSA) is 57.7 Å². The lowest BCUT2D eigenvalue weighted by molar-refractivity contribution is 0.0795. The van der Waals surface area contributed by atoms with Gasteiger partial charge in [0.1, 0.15) is 6.61 Å². The predicted molar refractivity (Wildman–Crippen MR) is 67.0 cm³/mol. The summed E-state index contributed by atoms with van der Waals surface area (Å²) in [6.45, 7) is 3.77. The number of methoxy groups -OCH3 is 1. The van der Waals surface area contributed by atoms with Crippen molar-refractivity contribution in [3.63, 3.8) is 0 Å². The summed E-state index contributed by atoms with van der Waals surface area (Å²) in [5.41, 5.74) is 0.598. The zero-order valence-corrected chi connectivity index (χ0v) is 10.8. The molecular formula is C13H19NO4. The summed E-state index contributed by atoms with van der Waals surface area (Å²) in [6.07, 6.45) is 2.43. The van der Waals surface area contributed by atoms with Crippen LogP contribution < -0.4 is 4.74 Å². The Bertz CT molecular complexity index is 368. The van der Waals surface area contributed by atoms with Crippen molar-refractivity contribution in [1.29, 1.82) is 0 Å². The van der Waals surface area contributed by atoms with Crippen molar-refractivity contribution in [2.75, 3.05) is 33.5 Å². The minimum atomic E-state index is -0.00179. The highest BCUT2D eigenvalue weighted by Crippen LogP contribution is 2.09. The van der Waals surface area contributed by atoms with Crippen molar-refractivity contribution in [1.82, 2.24) is 4.98 Å². The minimum absolute atomic E-state index is 0.00179. The molecule has 0 aliphatic carbocycles. The highest BCUT2D eigenvalue weighted by molar-refractivity contribution is 5.94. The van der Waals surface area contributed by atoms with Gasteiger partial charge in [-0.15, -0.1) is 0 Å². The smallest absolute Gasteiger partial charge is 0.213 e. The summed E-state index contributed by atoms with van der Waals surface area (Å²) < 4.78 is 15.6. The molecule has 0 aromatic carbocycles. The summed E-state index contributed by atoms with van der Waals surface area (Å²) in [5, 5.41) is 0. The van der Waals surface area contributed by atoms with Crippen molar-refractivity contribution in [3.8, 4) is 5.88 Å². The van der Waals surface area contributed by atoms with Gasteiger partial charge in [-0.05, 0) is 19.4 Å². The van der Waals surface area contributed by atoms with Gasteiger partial charge in [0.2, 0.25) is 5.88 Å². The first-order chi connectivity index (χ1) is 8.74. The maximum atomic E-state index is 11.2. The molecule has 0 saturated carbocycles. The normalized spacial score (nSPS) is 10.3. The first-order valence-corrected chi connectivity index (χ1v) is 5.90. The van der Waals surface area contributed by atoms with Crippen LogP contribution in [0, 0.1) is 0 Å². The van der Waals surface area contributed by atoms with Gasteiger partial charge in [-0.3, -0.25) is 4.79 Å². The Hall–Kier alpha value is -1.46. The van der Waals surface area contributed by atoms with Crippen molar-refractivity contribution in [2.24, 2.45) is 0 Å². The number of nitrogens with zero attached hydrogens (tertiary/aromatic N) is 1. The van der Waals surface area contributed by atoms with E-state index < -0.39 is 0 Å². The average Bonchev–Trinajstić information content (AvgIpc) is 2.38. The summed E-state index contributed by atoms with van der Waals surface area (Å²) in [7, 11) is 1.66. The van der Waals surface area contributed by atoms with Crippen LogP contribution in [0.4, 0.5) is 0 Å². The summed E-state index contributed by atoms with van der Waals surface area (Å²) in [5.74, 6) is 0.446. The fourth-order valence-corrected chi connectivity index (χ4v) is 1.32. The summed E-state index contributed by atoms with van der Waals surface area (Å²) in [6, 6.07) is 3.30. The zero-order valence-electron chi connectivity index (χ0n) is 10.8. The van der Waals surface area contributed by atoms with E-state index in [1.165, 1.54) is 6.92 Å². The molecule has 0 unspecified atom stereocenters. The van der Waals surface area contributed by atoms with Gasteiger partial charge >= 0.3 is 0 Å². The second-order valence-corrected chi connectivity index (χ2v) is 3.75. The molecule has 5 nitrogen and oxygen atoms in total. The highest BCUT2D eigenvalue weighted by atomic mass is 16.5. The van der Waals surface area contributed by atoms with Crippen molar-refractivity contribution in [2.45, 2.75) is 13.3 Å². The molecule has 1 rings (SSSR count). The number of ketones is 1. The van der Waals surface area contributed by atoms with E-state index in [1.807, 2.05) is 0 Å². The second kappa shape index (κ2) is 8.60. The Morgan fingerprint density at radius 2 is 2.11 bits per heavy atom. The van der Waals surface area contributed by atoms with E-state index >= 15 is 0 Å². The molecule has 1 aromatic rings. The maximum absolute atomic E-state index is 11.2. The number of carbonyl (C=O) groups excluding carboxylic acids is 1. The molecule has 1 heterocycles. The van der Waals surface area contributed by atoms with E-state index in [0.717, 1.165) is 6.42 Å². The molecule has 0 atom stereocenters. The number of aromatic nitrogens is 1. The van der Waals surface area contributed by atoms with E-state index in [1.54, 1.807) is 25.4 Å². The second-order valence-electron chi connectivity index (χ2n) is 3.75. The molecule has 0 radical (unpaired) electrons. The fraction of sp³-hybridized carbons (Fsp3) is 0.538. The van der Waals surface area contributed by atoms with Crippen molar-refractivity contribution >= 4 is 5.78 Å². The first-order valence-electron chi connectivity index (χ1n) is 5.90. The van der Waals surface area contributed by atoms with Gasteiger partial charge in [-0.1, -0.05) is 0 Å². The van der Waals surface area contributed by atoms with Gasteiger partial charge in [-0.25, -0.2) is 4.98 Å². The summed E-state index contributed by atoms with van der Waals surface area (Å²) in [4.78, 5) is 15.2. The van der Waals surface area contributed by atoms with Crippen LogP contribution in [-0.2, 0) is 9.47 Å². The molecule has 0 aliphatic rings. The minimum Gasteiger partial charge on any atom is -0.475 e. The van der Waals surface area contributed by atoms with Crippen molar-refractivity contribution in [3.05, 3.63) is 23.9 Å². The predicted octanol–water partition coefficient (Wildman–Crippen LogP) is 1.72. The Balaban J connectivity index is 2.19. The number of hydrogen-bond acceptors (Lipinski definition) is 5. The van der Waals surface area contributed by atoms with E-state index in [2.05, 4.69) is 4.98 Å². The van der Waals surface area contributed by atoms with E-state index in [-0.39, 0.29) is 5.78 Å². The van der Waals surface area contributed by atoms with Crippen LogP contribution in [0.1, 0.15) is 23.7 Å². The Morgan fingerprint density at radius 1 is 1.28 bits per heavy atom. The SMILES string of the molecule is COCCCOCCOc1cc(C(C)=O)ccn1. The number of Topliss-reactive ketones (excluding diaryl/α,β-unsaturated/α-hetero) is 1. The molecule has 5 heteroatoms. The van der Waals surface area contributed by atoms with Crippen LogP contribution in [0.25, 0.3) is 0 Å². The number of ether oxygens (including phenoxy) is 3. The van der Waals surface area contributed by atoms with Crippen LogP contribution in [0.3, 0.4) is 0 Å². The van der Waals surface area contributed by atoms with Crippen molar-refractivity contribution < 1.29 is 19.0 Å². The van der Waals surface area contributed by atoms with Gasteiger partial charge < -0.3 is 14.2 Å². The summed E-state index contributed by atoms with van der Waals surface area (Å²) >= 11 is 0. The number of rotatable bonds is 9. The number of hydrogen-bond donors (Lipinski definition) is 0. The molecule has 0 bridgehead atoms.